The van der Waals surface area contributed by atoms with E-state index >= 15 is 0 Å². The Morgan fingerprint density at radius 1 is 0.704 bits per heavy atom. The molecule has 0 aliphatic carbocycles. The second-order valence-electron chi connectivity index (χ2n) is 6.40. The average Bonchev–Trinajstić information content (AvgIpc) is 2.74. The maximum absolute atomic E-state index is 4.94. The van der Waals surface area contributed by atoms with E-state index in [1.807, 2.05) is 59.6 Å². The van der Waals surface area contributed by atoms with Crippen LogP contribution in [0, 0.1) is 0 Å². The third-order valence-corrected chi connectivity index (χ3v) is 5.21. The van der Waals surface area contributed by atoms with Gasteiger partial charge in [-0.2, -0.15) is 10.2 Å². The van der Waals surface area contributed by atoms with Gasteiger partial charge in [-0.25, -0.2) is 5.01 Å². The van der Waals surface area contributed by atoms with E-state index in [1.54, 1.807) is 0 Å². The first kappa shape index (κ1) is 16.1. The lowest BCUT2D eigenvalue weighted by molar-refractivity contribution is 0.495. The number of hydrogen-bond donors (Lipinski definition) is 0. The van der Waals surface area contributed by atoms with Crippen LogP contribution in [0.5, 0.6) is 0 Å². The van der Waals surface area contributed by atoms with Crippen molar-refractivity contribution in [3.63, 3.8) is 0 Å². The summed E-state index contributed by atoms with van der Waals surface area (Å²) in [6.07, 6.45) is 0. The Labute approximate surface area is 165 Å². The molecule has 0 aromatic heterocycles. The second-order valence-corrected chi connectivity index (χ2v) is 7.31. The lowest BCUT2D eigenvalue weighted by Gasteiger charge is -2.30. The Kier molecular flexibility index (Phi) is 3.94. The quantitative estimate of drug-likeness (QED) is 0.599. The molecule has 130 valence electrons. The summed E-state index contributed by atoms with van der Waals surface area (Å²) >= 11 is 3.48. The van der Waals surface area contributed by atoms with E-state index in [-0.39, 0.29) is 0 Å². The molecule has 0 N–H and O–H groups in total. The molecular formula is C22H15BrN4. The van der Waals surface area contributed by atoms with Gasteiger partial charge >= 0.3 is 0 Å². The highest BCUT2D eigenvalue weighted by atomic mass is 79.9. The summed E-state index contributed by atoms with van der Waals surface area (Å²) < 4.78 is 1.04. The van der Waals surface area contributed by atoms with Gasteiger partial charge in [-0.15, -0.1) is 5.10 Å². The summed E-state index contributed by atoms with van der Waals surface area (Å²) in [5.74, 6) is 0.797. The molecule has 2 aliphatic heterocycles. The minimum Gasteiger partial charge on any atom is -0.239 e. The number of nitrogens with zero attached hydrogens (tertiary/aromatic N) is 4. The van der Waals surface area contributed by atoms with Crippen molar-refractivity contribution in [1.82, 2.24) is 5.01 Å². The Bertz CT molecular complexity index is 1100. The fraction of sp³-hybridized carbons (Fsp3) is 0.0455. The van der Waals surface area contributed by atoms with Gasteiger partial charge in [-0.1, -0.05) is 82.7 Å². The minimum absolute atomic E-state index is 0.588. The van der Waals surface area contributed by atoms with Crippen LogP contribution in [0.4, 0.5) is 0 Å². The largest absolute Gasteiger partial charge is 0.239 e. The van der Waals surface area contributed by atoms with Crippen molar-refractivity contribution in [2.75, 3.05) is 6.54 Å². The smallest absolute Gasteiger partial charge is 0.179 e. The Hall–Kier alpha value is -3.05. The van der Waals surface area contributed by atoms with Crippen molar-refractivity contribution in [3.05, 3.63) is 106 Å². The van der Waals surface area contributed by atoms with Crippen LogP contribution >= 0.6 is 15.9 Å². The molecule has 0 amide bonds. The standard InChI is InChI=1S/C22H15BrN4/c23-17-12-10-15(11-13-17)20-14-27-22(25-24-20)19-9-5-4-8-18(19)21(26-27)16-6-2-1-3-7-16/h1-13H,14H2. The lowest BCUT2D eigenvalue weighted by atomic mass is 9.95. The lowest BCUT2D eigenvalue weighted by Crippen LogP contribution is -2.39. The molecule has 0 radical (unpaired) electrons. The van der Waals surface area contributed by atoms with Gasteiger partial charge in [-0.05, 0) is 17.7 Å². The summed E-state index contributed by atoms with van der Waals surface area (Å²) in [5.41, 5.74) is 6.16. The van der Waals surface area contributed by atoms with Crippen LogP contribution in [-0.2, 0) is 0 Å². The molecule has 0 atom stereocenters. The Morgan fingerprint density at radius 2 is 1.41 bits per heavy atom. The van der Waals surface area contributed by atoms with E-state index in [0.717, 1.165) is 44.0 Å². The third-order valence-electron chi connectivity index (χ3n) is 4.68. The predicted molar refractivity (Wildman–Crippen MR) is 112 cm³/mol. The molecule has 0 unspecified atom stereocenters. The normalized spacial score (nSPS) is 15.3. The van der Waals surface area contributed by atoms with Gasteiger partial charge < -0.3 is 0 Å². The Morgan fingerprint density at radius 3 is 2.19 bits per heavy atom. The molecule has 3 aromatic carbocycles. The van der Waals surface area contributed by atoms with Gasteiger partial charge in [0.05, 0.1) is 18.0 Å². The van der Waals surface area contributed by atoms with Crippen molar-refractivity contribution in [2.24, 2.45) is 15.3 Å². The number of rotatable bonds is 2. The fourth-order valence-electron chi connectivity index (χ4n) is 3.34. The highest BCUT2D eigenvalue weighted by Gasteiger charge is 2.29. The second kappa shape index (κ2) is 6.59. The average molecular weight is 415 g/mol. The molecule has 4 nitrogen and oxygen atoms in total. The van der Waals surface area contributed by atoms with E-state index in [1.165, 1.54) is 0 Å². The maximum atomic E-state index is 4.94. The number of amidine groups is 1. The molecular weight excluding hydrogens is 400 g/mol. The van der Waals surface area contributed by atoms with E-state index in [4.69, 9.17) is 5.10 Å². The van der Waals surface area contributed by atoms with Crippen LogP contribution in [0.1, 0.15) is 22.3 Å². The third kappa shape index (κ3) is 2.90. The number of hydrogen-bond acceptors (Lipinski definition) is 4. The van der Waals surface area contributed by atoms with Crippen molar-refractivity contribution in [1.29, 1.82) is 0 Å². The summed E-state index contributed by atoms with van der Waals surface area (Å²) in [5, 5.41) is 15.9. The number of hydrazone groups is 1. The van der Waals surface area contributed by atoms with Crippen molar-refractivity contribution in [3.8, 4) is 0 Å². The molecule has 27 heavy (non-hydrogen) atoms. The molecule has 0 spiro atoms. The highest BCUT2D eigenvalue weighted by molar-refractivity contribution is 9.10. The highest BCUT2D eigenvalue weighted by Crippen LogP contribution is 2.26. The van der Waals surface area contributed by atoms with Crippen molar-refractivity contribution >= 4 is 33.2 Å². The van der Waals surface area contributed by atoms with E-state index in [2.05, 4.69) is 50.4 Å². The van der Waals surface area contributed by atoms with Gasteiger partial charge in [0, 0.05) is 21.2 Å². The number of halogens is 1. The minimum atomic E-state index is 0.588. The maximum Gasteiger partial charge on any atom is 0.179 e. The zero-order valence-corrected chi connectivity index (χ0v) is 16.0. The fourth-order valence-corrected chi connectivity index (χ4v) is 3.61. The van der Waals surface area contributed by atoms with Gasteiger partial charge in [-0.3, -0.25) is 0 Å². The van der Waals surface area contributed by atoms with Crippen LogP contribution in [-0.4, -0.2) is 28.8 Å². The topological polar surface area (TPSA) is 40.3 Å². The predicted octanol–water partition coefficient (Wildman–Crippen LogP) is 4.68. The molecule has 0 saturated carbocycles. The van der Waals surface area contributed by atoms with Gasteiger partial charge in [0.1, 0.15) is 0 Å². The first-order valence-corrected chi connectivity index (χ1v) is 9.51. The number of fused-ring (bicyclic) bond motifs is 3. The van der Waals surface area contributed by atoms with Gasteiger partial charge in [0.25, 0.3) is 0 Å². The van der Waals surface area contributed by atoms with Crippen LogP contribution < -0.4 is 0 Å². The Balaban J connectivity index is 1.62. The number of benzene rings is 3. The summed E-state index contributed by atoms with van der Waals surface area (Å²) in [6.45, 7) is 0.588. The molecule has 0 bridgehead atoms. The van der Waals surface area contributed by atoms with E-state index in [0.29, 0.717) is 6.54 Å². The van der Waals surface area contributed by atoms with Crippen LogP contribution in [0.25, 0.3) is 0 Å². The van der Waals surface area contributed by atoms with Gasteiger partial charge in [0.15, 0.2) is 5.84 Å². The molecule has 0 fully saturated rings. The summed E-state index contributed by atoms with van der Waals surface area (Å²) in [6, 6.07) is 26.6. The molecule has 3 aromatic rings. The van der Waals surface area contributed by atoms with Crippen molar-refractivity contribution in [2.45, 2.75) is 0 Å². The van der Waals surface area contributed by atoms with Crippen LogP contribution in [0.15, 0.2) is 98.6 Å². The first-order valence-electron chi connectivity index (χ1n) is 8.71. The van der Waals surface area contributed by atoms with Crippen LogP contribution in [0.3, 0.4) is 0 Å². The molecule has 5 heteroatoms. The first-order chi connectivity index (χ1) is 13.3. The monoisotopic (exact) mass is 414 g/mol. The summed E-state index contributed by atoms with van der Waals surface area (Å²) in [7, 11) is 0. The zero-order chi connectivity index (χ0) is 18.2. The summed E-state index contributed by atoms with van der Waals surface area (Å²) in [4.78, 5) is 0. The van der Waals surface area contributed by atoms with E-state index < -0.39 is 0 Å². The molecule has 5 rings (SSSR count). The SMILES string of the molecule is Brc1ccc(C2=NN=C3c4ccccc4C(c4ccccc4)=NN3C2)cc1. The molecule has 2 heterocycles. The van der Waals surface area contributed by atoms with Crippen LogP contribution in [0.2, 0.25) is 0 Å². The van der Waals surface area contributed by atoms with Crippen molar-refractivity contribution < 1.29 is 0 Å². The van der Waals surface area contributed by atoms with Gasteiger partial charge in [0.2, 0.25) is 0 Å². The molecule has 0 saturated heterocycles. The zero-order valence-electron chi connectivity index (χ0n) is 14.4. The molecule has 2 aliphatic rings. The van der Waals surface area contributed by atoms with E-state index in [9.17, 15) is 0 Å².